The van der Waals surface area contributed by atoms with E-state index in [-0.39, 0.29) is 18.2 Å². The Balaban J connectivity index is 1.43. The Bertz CT molecular complexity index is 1040. The smallest absolute Gasteiger partial charge is 0.343 e. The Kier molecular flexibility index (Phi) is 2.86. The third-order valence-electron chi connectivity index (χ3n) is 4.95. The molecule has 5 heterocycles. The summed E-state index contributed by atoms with van der Waals surface area (Å²) in [5.74, 6) is 0.484. The number of likely N-dealkylation sites (tertiary alicyclic amines) is 1. The van der Waals surface area contributed by atoms with Crippen molar-refractivity contribution < 1.29 is 9.53 Å². The fraction of sp³-hybridized carbons (Fsp3) is 0.400. The number of aromatic nitrogens is 6. The van der Waals surface area contributed by atoms with Gasteiger partial charge in [-0.05, 0) is 18.6 Å². The van der Waals surface area contributed by atoms with E-state index in [2.05, 4.69) is 20.4 Å². The van der Waals surface area contributed by atoms with Gasteiger partial charge < -0.3 is 9.64 Å². The number of carbonyl (C=O) groups excluding carboxylic acids is 1. The van der Waals surface area contributed by atoms with Crippen LogP contribution >= 0.6 is 0 Å². The zero-order chi connectivity index (χ0) is 17.0. The van der Waals surface area contributed by atoms with Gasteiger partial charge in [-0.2, -0.15) is 5.10 Å². The van der Waals surface area contributed by atoms with Crippen molar-refractivity contribution in [2.45, 2.75) is 25.2 Å². The molecule has 3 aromatic heterocycles. The summed E-state index contributed by atoms with van der Waals surface area (Å²) in [5, 5.41) is 14.3. The average Bonchev–Trinajstić information content (AvgIpc) is 3.34. The molecule has 1 amide bonds. The fourth-order valence-electron chi connectivity index (χ4n) is 3.63. The molecule has 0 saturated carbocycles. The lowest BCUT2D eigenvalue weighted by molar-refractivity contribution is -0.0816. The molecule has 10 heteroatoms. The van der Waals surface area contributed by atoms with Crippen LogP contribution < -0.4 is 5.69 Å². The first-order chi connectivity index (χ1) is 12.2. The summed E-state index contributed by atoms with van der Waals surface area (Å²) in [6.45, 7) is 1.66. The lowest BCUT2D eigenvalue weighted by Crippen LogP contribution is -2.47. The SMILES string of the molecule is O=C(c1cccn2cnnc12)N1CCC2(C1)Cn1c(n[nH]c1=O)CO2. The number of hydrogen-bond donors (Lipinski definition) is 1. The van der Waals surface area contributed by atoms with Crippen molar-refractivity contribution in [1.29, 1.82) is 0 Å². The largest absolute Gasteiger partial charge is 0.363 e. The average molecular weight is 341 g/mol. The lowest BCUT2D eigenvalue weighted by atomic mass is 10.0. The number of nitrogens with one attached hydrogen (secondary N) is 1. The van der Waals surface area contributed by atoms with Gasteiger partial charge in [0, 0.05) is 12.7 Å². The van der Waals surface area contributed by atoms with Crippen LogP contribution in [-0.4, -0.2) is 58.9 Å². The number of amides is 1. The lowest BCUT2D eigenvalue weighted by Gasteiger charge is -2.33. The first-order valence-corrected chi connectivity index (χ1v) is 8.01. The topological polar surface area (TPSA) is 110 Å². The summed E-state index contributed by atoms with van der Waals surface area (Å²) in [6.07, 6.45) is 4.04. The van der Waals surface area contributed by atoms with Crippen molar-refractivity contribution in [3.05, 3.63) is 46.5 Å². The molecule has 1 spiro atoms. The molecule has 0 bridgehead atoms. The van der Waals surface area contributed by atoms with Gasteiger partial charge in [-0.1, -0.05) is 0 Å². The van der Waals surface area contributed by atoms with Gasteiger partial charge >= 0.3 is 5.69 Å². The number of pyridine rings is 1. The normalized spacial score (nSPS) is 22.6. The summed E-state index contributed by atoms with van der Waals surface area (Å²) in [4.78, 5) is 26.5. The van der Waals surface area contributed by atoms with Crippen molar-refractivity contribution in [2.24, 2.45) is 0 Å². The standard InChI is InChI=1S/C15H15N7O3/c23-13(10-2-1-4-21-9-16-18-12(10)21)20-5-3-15(7-20)8-22-11(6-25-15)17-19-14(22)24/h1-2,4,9H,3,5-8H2,(H,19,24). The number of rotatable bonds is 1. The predicted octanol–water partition coefficient (Wildman–Crippen LogP) is -0.571. The van der Waals surface area contributed by atoms with E-state index in [9.17, 15) is 9.59 Å². The Morgan fingerprint density at radius 2 is 2.28 bits per heavy atom. The van der Waals surface area contributed by atoms with Crippen LogP contribution in [0.5, 0.6) is 0 Å². The third-order valence-corrected chi connectivity index (χ3v) is 4.95. The molecule has 1 N–H and O–H groups in total. The maximum atomic E-state index is 12.9. The Labute approximate surface area is 141 Å². The summed E-state index contributed by atoms with van der Waals surface area (Å²) in [6, 6.07) is 3.54. The molecule has 1 atom stereocenters. The number of H-pyrrole nitrogens is 1. The van der Waals surface area contributed by atoms with Crippen molar-refractivity contribution >= 4 is 11.6 Å². The number of fused-ring (bicyclic) bond motifs is 2. The molecule has 3 aromatic rings. The van der Waals surface area contributed by atoms with Crippen molar-refractivity contribution in [2.75, 3.05) is 13.1 Å². The maximum absolute atomic E-state index is 12.9. The van der Waals surface area contributed by atoms with Crippen molar-refractivity contribution in [1.82, 2.24) is 34.3 Å². The number of nitrogens with zero attached hydrogens (tertiary/aromatic N) is 6. The Morgan fingerprint density at radius 3 is 3.20 bits per heavy atom. The van der Waals surface area contributed by atoms with Gasteiger partial charge in [0.15, 0.2) is 11.5 Å². The van der Waals surface area contributed by atoms with Gasteiger partial charge in [0.1, 0.15) is 18.5 Å². The van der Waals surface area contributed by atoms with E-state index in [1.165, 1.54) is 0 Å². The quantitative estimate of drug-likeness (QED) is 0.635. The molecule has 1 saturated heterocycles. The highest BCUT2D eigenvalue weighted by molar-refractivity contribution is 5.99. The van der Waals surface area contributed by atoms with Gasteiger partial charge in [0.25, 0.3) is 5.91 Å². The van der Waals surface area contributed by atoms with Crippen LogP contribution in [0.25, 0.3) is 5.65 Å². The molecule has 5 rings (SSSR count). The Morgan fingerprint density at radius 1 is 1.36 bits per heavy atom. The van der Waals surface area contributed by atoms with Gasteiger partial charge in [0.05, 0.1) is 18.7 Å². The van der Waals surface area contributed by atoms with E-state index in [0.717, 1.165) is 0 Å². The molecule has 2 aliphatic heterocycles. The summed E-state index contributed by atoms with van der Waals surface area (Å²) in [7, 11) is 0. The minimum atomic E-state index is -0.547. The molecular weight excluding hydrogens is 326 g/mol. The Hall–Kier alpha value is -3.01. The molecule has 1 unspecified atom stereocenters. The van der Waals surface area contributed by atoms with Crippen LogP contribution in [0.15, 0.2) is 29.5 Å². The van der Waals surface area contributed by atoms with Crippen molar-refractivity contribution in [3.63, 3.8) is 0 Å². The van der Waals surface area contributed by atoms with Crippen LogP contribution in [0.1, 0.15) is 22.6 Å². The molecule has 25 heavy (non-hydrogen) atoms. The van der Waals surface area contributed by atoms with Gasteiger partial charge in [-0.15, -0.1) is 10.2 Å². The molecule has 0 radical (unpaired) electrons. The first-order valence-electron chi connectivity index (χ1n) is 8.01. The minimum absolute atomic E-state index is 0.107. The monoisotopic (exact) mass is 341 g/mol. The van der Waals surface area contributed by atoms with Crippen LogP contribution in [0, 0.1) is 0 Å². The molecular formula is C15H15N7O3. The van der Waals surface area contributed by atoms with E-state index < -0.39 is 5.60 Å². The second kappa shape index (κ2) is 4.99. The molecule has 0 aliphatic carbocycles. The number of carbonyl (C=O) groups is 1. The molecule has 2 aliphatic rings. The van der Waals surface area contributed by atoms with Gasteiger partial charge in [-0.3, -0.25) is 13.8 Å². The number of aromatic amines is 1. The number of ether oxygens (including phenoxy) is 1. The van der Waals surface area contributed by atoms with Gasteiger partial charge in [0.2, 0.25) is 0 Å². The van der Waals surface area contributed by atoms with E-state index in [4.69, 9.17) is 4.74 Å². The second-order valence-corrected chi connectivity index (χ2v) is 6.46. The molecule has 128 valence electrons. The van der Waals surface area contributed by atoms with Gasteiger partial charge in [-0.25, -0.2) is 9.89 Å². The zero-order valence-electron chi connectivity index (χ0n) is 13.3. The fourth-order valence-corrected chi connectivity index (χ4v) is 3.63. The number of hydrogen-bond acceptors (Lipinski definition) is 6. The van der Waals surface area contributed by atoms with E-state index >= 15 is 0 Å². The second-order valence-electron chi connectivity index (χ2n) is 6.46. The zero-order valence-corrected chi connectivity index (χ0v) is 13.3. The predicted molar refractivity (Wildman–Crippen MR) is 83.9 cm³/mol. The van der Waals surface area contributed by atoms with Crippen molar-refractivity contribution in [3.8, 4) is 0 Å². The van der Waals surface area contributed by atoms with Crippen LogP contribution in [0.3, 0.4) is 0 Å². The molecule has 0 aromatic carbocycles. The highest BCUT2D eigenvalue weighted by Gasteiger charge is 2.45. The summed E-state index contributed by atoms with van der Waals surface area (Å²) >= 11 is 0. The van der Waals surface area contributed by atoms with Crippen LogP contribution in [-0.2, 0) is 17.9 Å². The minimum Gasteiger partial charge on any atom is -0.363 e. The molecule has 1 fully saturated rings. The third kappa shape index (κ3) is 2.10. The highest BCUT2D eigenvalue weighted by Crippen LogP contribution is 2.32. The maximum Gasteiger partial charge on any atom is 0.343 e. The first kappa shape index (κ1) is 14.3. The molecule has 10 nitrogen and oxygen atoms in total. The van der Waals surface area contributed by atoms with E-state index in [1.54, 1.807) is 38.5 Å². The van der Waals surface area contributed by atoms with E-state index in [1.807, 2.05) is 0 Å². The highest BCUT2D eigenvalue weighted by atomic mass is 16.5. The van der Waals surface area contributed by atoms with Crippen LogP contribution in [0.2, 0.25) is 0 Å². The summed E-state index contributed by atoms with van der Waals surface area (Å²) in [5.41, 5.74) is 0.255. The van der Waals surface area contributed by atoms with Crippen LogP contribution in [0.4, 0.5) is 0 Å². The van der Waals surface area contributed by atoms with E-state index in [0.29, 0.717) is 43.1 Å². The summed E-state index contributed by atoms with van der Waals surface area (Å²) < 4.78 is 9.30.